The first-order chi connectivity index (χ1) is 55.2. The molecule has 2 amide bonds. The average molecular weight is 1620 g/mol. The predicted molar refractivity (Wildman–Crippen MR) is 445 cm³/mol. The van der Waals surface area contributed by atoms with E-state index in [-0.39, 0.29) is 134 Å². The minimum atomic E-state index is -0.986. The molecule has 0 fully saturated rings. The molecule has 0 aliphatic rings. The van der Waals surface area contributed by atoms with Crippen LogP contribution in [-0.4, -0.2) is 180 Å². The van der Waals surface area contributed by atoms with Crippen molar-refractivity contribution >= 4 is 177 Å². The number of benzene rings is 6. The second-order valence-electron chi connectivity index (χ2n) is 24.9. The van der Waals surface area contributed by atoms with Crippen LogP contribution in [0.4, 0.5) is 39.9 Å². The summed E-state index contributed by atoms with van der Waals surface area (Å²) < 4.78 is 9.79. The molecule has 6 aromatic carbocycles. The number of anilines is 7. The number of amides is 2. The number of hydrogen-bond donors (Lipinski definition) is 18. The largest absolute Gasteiger partial charge is 1.00 e. The van der Waals surface area contributed by atoms with E-state index in [1.165, 1.54) is 26.6 Å². The summed E-state index contributed by atoms with van der Waals surface area (Å²) in [6, 6.07) is 45.8. The van der Waals surface area contributed by atoms with Crippen molar-refractivity contribution in [3.63, 3.8) is 0 Å². The molecule has 0 aliphatic carbocycles. The van der Waals surface area contributed by atoms with Gasteiger partial charge in [-0.1, -0.05) is 103 Å². The molecule has 15 rings (SSSR count). The third kappa shape index (κ3) is 27.4. The maximum Gasteiger partial charge on any atom is 1.00 e. The number of fused-ring (bicyclic) bond motifs is 12. The van der Waals surface area contributed by atoms with Crippen molar-refractivity contribution in [3.05, 3.63) is 194 Å². The van der Waals surface area contributed by atoms with Gasteiger partial charge in [-0.2, -0.15) is 0 Å². The fourth-order valence-corrected chi connectivity index (χ4v) is 11.4. The minimum absolute atomic E-state index is 0. The molecule has 35 nitrogen and oxygen atoms in total. The number of nitrogens with zero attached hydrogens (tertiary/aromatic N) is 9. The number of H-pyrrole nitrogens is 3. The van der Waals surface area contributed by atoms with Crippen LogP contribution in [0.15, 0.2) is 177 Å². The van der Waals surface area contributed by atoms with Crippen molar-refractivity contribution in [1.29, 1.82) is 0 Å². The van der Waals surface area contributed by atoms with Gasteiger partial charge in [0.05, 0.1) is 136 Å². The van der Waals surface area contributed by atoms with Crippen molar-refractivity contribution in [3.8, 4) is 0 Å². The maximum absolute atomic E-state index is 11.8. The van der Waals surface area contributed by atoms with E-state index in [1.54, 1.807) is 12.4 Å². The van der Waals surface area contributed by atoms with Crippen LogP contribution in [0.3, 0.4) is 0 Å². The molecule has 0 spiro atoms. The average Bonchev–Trinajstić information content (AvgIpc) is 1.66. The zero-order valence-electron chi connectivity index (χ0n) is 66.4. The van der Waals surface area contributed by atoms with Crippen LogP contribution in [0.5, 0.6) is 0 Å². The number of nitrogen functional groups attached to an aromatic ring is 5. The van der Waals surface area contributed by atoms with Gasteiger partial charge in [-0.15, -0.1) is 0 Å². The first kappa shape index (κ1) is 98.1. The number of carboxylic acid groups (broad SMARTS) is 1. The number of aryl methyl sites for hydroxylation is 3. The summed E-state index contributed by atoms with van der Waals surface area (Å²) in [5.74, 6) is 0.689. The van der Waals surface area contributed by atoms with Gasteiger partial charge in [0.2, 0.25) is 18.0 Å². The molecule has 0 saturated carbocycles. The van der Waals surface area contributed by atoms with Gasteiger partial charge in [0.15, 0.2) is 0 Å². The zero-order valence-corrected chi connectivity index (χ0v) is 67.4. The number of nitrogens with one attached hydrogen (secondary N) is 5. The smallest absolute Gasteiger partial charge is 1.00 e. The SMILES string of the molecule is COC(=O)CCC(=O)Nc1c(N)cnc2ccccc12.COC(=O)CCC(=O)O.Nc1cnc2ccccc2c1N.Nc1cnc2ccccc2c1NC(=O)CCCO.Nc1nc2ccccc2c2nc(CCCO)[nH]c12.OCCCc1nc2c(c[n+](O)c3ccccc23)[nH]1.OCCCc1nc2c(cnc3ccccc32)[nH]1.OO.[B].[H-].[Li+].[Na+].[OH-]. The summed E-state index contributed by atoms with van der Waals surface area (Å²) in [6.45, 7) is 0.499. The van der Waals surface area contributed by atoms with Gasteiger partial charge in [-0.3, -0.25) is 59.6 Å². The number of carbonyl (C=O) groups excluding carboxylic acids is 4. The van der Waals surface area contributed by atoms with Crippen molar-refractivity contribution < 1.29 is 135 Å². The monoisotopic (exact) mass is 1620 g/mol. The molecular formula is C80H92BLiN19NaO16+. The number of aliphatic hydroxyl groups excluding tert-OH is 4. The molecule has 38 heteroatoms. The number of aromatic amines is 3. The predicted octanol–water partition coefficient (Wildman–Crippen LogP) is 3.06. The van der Waals surface area contributed by atoms with Crippen LogP contribution >= 0.6 is 0 Å². The quantitative estimate of drug-likeness (QED) is 0.0130. The number of aliphatic hydroxyl groups is 4. The van der Waals surface area contributed by atoms with E-state index in [9.17, 15) is 29.2 Å². The fraction of sp³-hybridized carbons (Fsp3) is 0.225. The molecule has 607 valence electrons. The van der Waals surface area contributed by atoms with Gasteiger partial charge in [0, 0.05) is 105 Å². The Hall–Kier alpha value is -12.3. The van der Waals surface area contributed by atoms with Crippen LogP contribution in [0.2, 0.25) is 0 Å². The molecule has 0 aliphatic heterocycles. The number of carboxylic acids is 1. The Labute approximate surface area is 712 Å². The summed E-state index contributed by atoms with van der Waals surface area (Å²) in [5.41, 5.74) is 42.2. The molecule has 24 N–H and O–H groups in total. The number of carbonyl (C=O) groups is 5. The number of imidazole rings is 3. The minimum Gasteiger partial charge on any atom is -1.00 e. The fourth-order valence-electron chi connectivity index (χ4n) is 11.4. The molecular weight excluding hydrogens is 1520 g/mol. The number of ether oxygens (including phenoxy) is 2. The Morgan fingerprint density at radius 2 is 0.822 bits per heavy atom. The maximum atomic E-state index is 11.8. The summed E-state index contributed by atoms with van der Waals surface area (Å²) in [5, 5.41) is 76.1. The van der Waals surface area contributed by atoms with Gasteiger partial charge < -0.3 is 96.2 Å². The number of methoxy groups -OCH3 is 2. The number of esters is 2. The standard InChI is InChI=1S/C14H15N3O3.C13H14N4O.C13H13N3O2.C13H15N3O2.C13H13N3O.C9H9N3.C5H8O4.B.Li.Na.H2O2.H2O.H/c1-20-13(19)7-6-12(18)17-14-9-4-2-3-5-11(9)16-8-10(14)15;14-13-12-11(16-10(17-12)6-3-7-18)8-4-1-2-5-9(8)15-13;17-7-3-6-12-14-10-8-16(18)11-5-2-1-4-9(11)13(10)15-12;14-10-8-15-11-5-2-1-4-9(11)13(10)16-12(18)6-3-7-17;17-7-3-6-12-15-11-8-14-10-5-2-1-4-9(10)13(11)16-12;10-7-5-12-8-4-2-1-3-6(8)9(7)11;1-9-5(8)3-2-4(6)7;;;;1-2;;/h2-5,8H,6-7,15H2,1H3,(H,16,17,18);1-2,4-5,18H,3,6-7H2,(H2,14,15)(H,16,17);1-2,4-5,8,17-18H,3,6-7H2;1-2,4-5,8,17H,3,6-7,14H2,(H,15,16,18);1-2,4-5,8,17H,3,6-7H2,(H,15,16);1-5H,10H2,(H2,11,12);2-3H2,1H3,(H,6,7);;;;1-2H;1H2;/q;;;;;;;;2*+1;;;-1. The Morgan fingerprint density at radius 1 is 0.449 bits per heavy atom. The molecule has 0 unspecified atom stereocenters. The molecule has 0 bridgehead atoms. The van der Waals surface area contributed by atoms with E-state index in [1.807, 2.05) is 152 Å². The molecule has 3 radical (unpaired) electrons. The van der Waals surface area contributed by atoms with Crippen LogP contribution < -0.4 is 92.5 Å². The first-order valence-corrected chi connectivity index (χ1v) is 35.8. The Balaban J connectivity index is 0.000000359. The molecule has 9 heterocycles. The number of pyridine rings is 6. The molecule has 118 heavy (non-hydrogen) atoms. The van der Waals surface area contributed by atoms with Crippen molar-refractivity contribution in [2.45, 2.75) is 77.0 Å². The molecule has 0 atom stereocenters. The first-order valence-electron chi connectivity index (χ1n) is 35.8. The van der Waals surface area contributed by atoms with Crippen molar-refractivity contribution in [2.75, 3.05) is 79.9 Å². The van der Waals surface area contributed by atoms with Gasteiger partial charge in [-0.25, -0.2) is 19.9 Å². The summed E-state index contributed by atoms with van der Waals surface area (Å²) in [6.07, 6.45) is 12.9. The number of hydrogen-bond acceptors (Lipinski definition) is 28. The number of rotatable bonds is 20. The number of aliphatic carboxylic acids is 1. The third-order valence-corrected chi connectivity index (χ3v) is 16.9. The van der Waals surface area contributed by atoms with Crippen LogP contribution in [0.1, 0.15) is 76.7 Å². The van der Waals surface area contributed by atoms with Crippen LogP contribution in [0.25, 0.3) is 98.5 Å². The molecule has 9 aromatic heterocycles. The molecule has 15 aromatic rings. The van der Waals surface area contributed by atoms with E-state index < -0.39 is 17.9 Å². The van der Waals surface area contributed by atoms with Gasteiger partial charge >= 0.3 is 66.3 Å². The van der Waals surface area contributed by atoms with E-state index in [0.29, 0.717) is 72.0 Å². The van der Waals surface area contributed by atoms with Gasteiger partial charge in [-0.05, 0) is 62.1 Å². The Morgan fingerprint density at radius 3 is 1.31 bits per heavy atom. The summed E-state index contributed by atoms with van der Waals surface area (Å²) in [7, 11) is 2.51. The second-order valence-corrected chi connectivity index (χ2v) is 24.9. The summed E-state index contributed by atoms with van der Waals surface area (Å²) in [4.78, 5) is 99.0. The van der Waals surface area contributed by atoms with Gasteiger partial charge in [0.1, 0.15) is 45.4 Å². The van der Waals surface area contributed by atoms with E-state index in [0.717, 1.165) is 134 Å². The number of nitrogens with two attached hydrogens (primary N) is 5. The Kier molecular flexibility index (Phi) is 41.8. The number of para-hydroxylation sites is 6. The number of aromatic nitrogens is 12. The zero-order chi connectivity index (χ0) is 82.1. The Bertz CT molecular complexity index is 5780. The van der Waals surface area contributed by atoms with Crippen molar-refractivity contribution in [2.24, 2.45) is 0 Å². The molecule has 0 saturated heterocycles. The normalized spacial score (nSPS) is 10.2. The summed E-state index contributed by atoms with van der Waals surface area (Å²) >= 11 is 0. The van der Waals surface area contributed by atoms with E-state index >= 15 is 0 Å². The van der Waals surface area contributed by atoms with Crippen molar-refractivity contribution in [1.82, 2.24) is 54.8 Å². The third-order valence-electron chi connectivity index (χ3n) is 16.9. The van der Waals surface area contributed by atoms with Gasteiger partial charge in [0.25, 0.3) is 5.52 Å². The van der Waals surface area contributed by atoms with E-state index in [2.05, 4.69) is 74.9 Å². The topological polar surface area (TPSA) is 604 Å². The van der Waals surface area contributed by atoms with E-state index in [4.69, 9.17) is 64.7 Å². The van der Waals surface area contributed by atoms with Crippen LogP contribution in [0, 0.1) is 0 Å². The van der Waals surface area contributed by atoms with Crippen LogP contribution in [-0.2, 0) is 52.7 Å². The second kappa shape index (κ2) is 50.3.